The maximum absolute atomic E-state index is 6.61. The van der Waals surface area contributed by atoms with Crippen molar-refractivity contribution in [1.29, 1.82) is 0 Å². The van der Waals surface area contributed by atoms with Gasteiger partial charge in [-0.05, 0) is 108 Å². The van der Waals surface area contributed by atoms with Gasteiger partial charge >= 0.3 is 6.01 Å². The monoisotopic (exact) mass is 577 g/mol. The summed E-state index contributed by atoms with van der Waals surface area (Å²) in [6.07, 6.45) is 13.3. The Morgan fingerprint density at radius 3 is 2.47 bits per heavy atom. The van der Waals surface area contributed by atoms with Gasteiger partial charge in [0, 0.05) is 40.6 Å². The fourth-order valence-electron chi connectivity index (χ4n) is 9.19. The average molecular weight is 579 g/mol. The second-order valence-electron chi connectivity index (χ2n) is 13.1. The molecule has 1 unspecified atom stereocenters. The Hall–Kier alpha value is -1.70. The van der Waals surface area contributed by atoms with Crippen molar-refractivity contribution in [2.24, 2.45) is 0 Å². The molecule has 202 valence electrons. The Bertz CT molecular complexity index is 1240. The zero-order valence-corrected chi connectivity index (χ0v) is 24.3. The van der Waals surface area contributed by atoms with E-state index in [4.69, 9.17) is 14.7 Å². The Labute approximate surface area is 235 Å². The van der Waals surface area contributed by atoms with Crippen LogP contribution in [0.5, 0.6) is 6.01 Å². The summed E-state index contributed by atoms with van der Waals surface area (Å²) in [6, 6.07) is 8.72. The molecule has 6 aliphatic rings. The van der Waals surface area contributed by atoms with Crippen molar-refractivity contribution in [2.45, 2.75) is 93.7 Å². The van der Waals surface area contributed by atoms with Gasteiger partial charge in [0.2, 0.25) is 0 Å². The molecule has 8 rings (SSSR count). The summed E-state index contributed by atoms with van der Waals surface area (Å²) in [7, 11) is 2.32. The fourth-order valence-corrected chi connectivity index (χ4v) is 9.76. The van der Waals surface area contributed by atoms with E-state index in [1.54, 1.807) is 5.56 Å². The largest absolute Gasteiger partial charge is 0.461 e. The third-order valence-corrected chi connectivity index (χ3v) is 12.1. The van der Waals surface area contributed by atoms with Crippen molar-refractivity contribution < 1.29 is 4.74 Å². The van der Waals surface area contributed by atoms with Crippen molar-refractivity contribution in [3.05, 3.63) is 45.1 Å². The van der Waals surface area contributed by atoms with Crippen LogP contribution in [0, 0.1) is 0 Å². The van der Waals surface area contributed by atoms with E-state index >= 15 is 0 Å². The van der Waals surface area contributed by atoms with Crippen molar-refractivity contribution in [2.75, 3.05) is 44.7 Å². The lowest BCUT2D eigenvalue weighted by molar-refractivity contribution is 0.107. The average Bonchev–Trinajstić information content (AvgIpc) is 3.64. The number of hydrogen-bond donors (Lipinski definition) is 0. The molecule has 3 atom stereocenters. The third kappa shape index (κ3) is 3.63. The number of nitrogens with zero attached hydrogens (tertiary/aromatic N) is 5. The van der Waals surface area contributed by atoms with E-state index in [-0.39, 0.29) is 11.0 Å². The summed E-state index contributed by atoms with van der Waals surface area (Å²) >= 11 is 3.84. The minimum absolute atomic E-state index is 0.197. The summed E-state index contributed by atoms with van der Waals surface area (Å²) < 4.78 is 7.89. The minimum atomic E-state index is 0.197. The number of hydrogen-bond acceptors (Lipinski definition) is 6. The molecule has 1 aromatic carbocycles. The molecule has 2 aliphatic carbocycles. The first-order valence-electron chi connectivity index (χ1n) is 15.1. The first-order chi connectivity index (χ1) is 18.5. The second-order valence-corrected chi connectivity index (χ2v) is 14.0. The summed E-state index contributed by atoms with van der Waals surface area (Å²) in [6.45, 7) is 5.34. The highest BCUT2D eigenvalue weighted by molar-refractivity contribution is 9.10. The molecule has 0 saturated carbocycles. The Morgan fingerprint density at radius 2 is 1.71 bits per heavy atom. The van der Waals surface area contributed by atoms with Crippen LogP contribution < -0.4 is 9.64 Å². The topological polar surface area (TPSA) is 44.7 Å². The number of fused-ring (bicyclic) bond motifs is 6. The number of piperazine rings is 1. The Kier molecular flexibility index (Phi) is 5.65. The zero-order chi connectivity index (χ0) is 25.5. The molecule has 2 aromatic rings. The van der Waals surface area contributed by atoms with Gasteiger partial charge in [-0.3, -0.25) is 9.80 Å². The van der Waals surface area contributed by atoms with Crippen LogP contribution in [0.15, 0.2) is 22.7 Å². The van der Waals surface area contributed by atoms with Gasteiger partial charge in [-0.25, -0.2) is 0 Å². The fraction of sp³-hybridized carbons (Fsp3) is 0.677. The van der Waals surface area contributed by atoms with Gasteiger partial charge in [0.05, 0.1) is 11.2 Å². The van der Waals surface area contributed by atoms with Crippen molar-refractivity contribution in [1.82, 2.24) is 19.8 Å². The van der Waals surface area contributed by atoms with E-state index in [1.165, 1.54) is 91.6 Å². The van der Waals surface area contributed by atoms with E-state index in [0.29, 0.717) is 18.1 Å². The maximum atomic E-state index is 6.61. The van der Waals surface area contributed by atoms with Gasteiger partial charge < -0.3 is 9.64 Å². The van der Waals surface area contributed by atoms with Gasteiger partial charge in [0.25, 0.3) is 0 Å². The lowest BCUT2D eigenvalue weighted by Crippen LogP contribution is -2.52. The molecule has 1 spiro atoms. The van der Waals surface area contributed by atoms with Gasteiger partial charge in [0.15, 0.2) is 0 Å². The molecular formula is C31H40BrN5O. The lowest BCUT2D eigenvalue weighted by Gasteiger charge is -2.42. The highest BCUT2D eigenvalue weighted by Gasteiger charge is 2.47. The number of aromatic nitrogens is 2. The number of likely N-dealkylation sites (N-methyl/N-ethyl adjacent to an activating group) is 1. The quantitative estimate of drug-likeness (QED) is 0.515. The number of ether oxygens (including phenoxy) is 1. The molecular weight excluding hydrogens is 538 g/mol. The van der Waals surface area contributed by atoms with Crippen molar-refractivity contribution in [3.8, 4) is 6.01 Å². The van der Waals surface area contributed by atoms with Crippen molar-refractivity contribution in [3.63, 3.8) is 0 Å². The van der Waals surface area contributed by atoms with Crippen LogP contribution in [0.4, 0.5) is 5.82 Å². The number of halogens is 1. The van der Waals surface area contributed by atoms with Gasteiger partial charge in [0.1, 0.15) is 12.4 Å². The molecule has 1 aromatic heterocycles. The predicted molar refractivity (Wildman–Crippen MR) is 153 cm³/mol. The van der Waals surface area contributed by atoms with E-state index in [2.05, 4.69) is 55.9 Å². The van der Waals surface area contributed by atoms with Crippen LogP contribution >= 0.6 is 15.9 Å². The van der Waals surface area contributed by atoms with Crippen LogP contribution in [0.1, 0.15) is 73.8 Å². The molecule has 4 fully saturated rings. The Morgan fingerprint density at radius 1 is 0.974 bits per heavy atom. The van der Waals surface area contributed by atoms with Crippen LogP contribution in [0.2, 0.25) is 0 Å². The number of anilines is 1. The van der Waals surface area contributed by atoms with Crippen LogP contribution in [-0.4, -0.2) is 77.2 Å². The van der Waals surface area contributed by atoms with Crippen LogP contribution in [0.25, 0.3) is 0 Å². The highest BCUT2D eigenvalue weighted by atomic mass is 79.9. The Balaban J connectivity index is 1.15. The SMILES string of the molecule is CN1[C@@H]2CC[C@H]1CN(c1nc(OCC34CCCN3CCC4)nc3c1CCC1(CCc4c(Br)cccc41)C3)C2. The van der Waals surface area contributed by atoms with Gasteiger partial charge in [-0.15, -0.1) is 0 Å². The van der Waals surface area contributed by atoms with E-state index in [9.17, 15) is 0 Å². The number of benzene rings is 1. The molecule has 4 saturated heterocycles. The second kappa shape index (κ2) is 8.90. The highest BCUT2D eigenvalue weighted by Crippen LogP contribution is 2.50. The van der Waals surface area contributed by atoms with Gasteiger partial charge in [-0.1, -0.05) is 28.1 Å². The predicted octanol–water partition coefficient (Wildman–Crippen LogP) is 4.90. The lowest BCUT2D eigenvalue weighted by atomic mass is 9.69. The summed E-state index contributed by atoms with van der Waals surface area (Å²) in [5.74, 6) is 1.18. The zero-order valence-electron chi connectivity index (χ0n) is 22.7. The minimum Gasteiger partial charge on any atom is -0.461 e. The molecule has 7 heteroatoms. The maximum Gasteiger partial charge on any atom is 0.318 e. The molecule has 0 radical (unpaired) electrons. The molecule has 38 heavy (non-hydrogen) atoms. The summed E-state index contributed by atoms with van der Waals surface area (Å²) in [5.41, 5.74) is 6.12. The summed E-state index contributed by atoms with van der Waals surface area (Å²) in [4.78, 5) is 18.3. The van der Waals surface area contributed by atoms with Crippen LogP contribution in [0.3, 0.4) is 0 Å². The molecule has 2 bridgehead atoms. The molecule has 0 amide bonds. The summed E-state index contributed by atoms with van der Waals surface area (Å²) in [5, 5.41) is 0. The van der Waals surface area contributed by atoms with E-state index in [0.717, 1.165) is 39.0 Å². The van der Waals surface area contributed by atoms with E-state index in [1.807, 2.05) is 0 Å². The molecule has 4 aliphatic heterocycles. The first-order valence-corrected chi connectivity index (χ1v) is 15.9. The smallest absolute Gasteiger partial charge is 0.318 e. The van der Waals surface area contributed by atoms with Crippen molar-refractivity contribution >= 4 is 21.7 Å². The third-order valence-electron chi connectivity index (χ3n) is 11.4. The standard InChI is InChI=1S/C31H40BrN5O/c1-35-21-7-8-22(35)19-36(18-21)28-24-10-14-30(13-9-23-25(30)5-2-6-26(23)32)17-27(24)33-29(34-28)38-20-31-11-3-15-37(31)16-4-12-31/h2,5-6,21-22H,3-4,7-20H2,1H3/t21-,22+,30?. The molecule has 5 heterocycles. The van der Waals surface area contributed by atoms with E-state index < -0.39 is 0 Å². The molecule has 0 N–H and O–H groups in total. The van der Waals surface area contributed by atoms with Crippen LogP contribution in [-0.2, 0) is 24.7 Å². The molecule has 6 nitrogen and oxygen atoms in total. The van der Waals surface area contributed by atoms with Gasteiger partial charge in [-0.2, -0.15) is 9.97 Å². The normalized spacial score (nSPS) is 31.6. The number of rotatable bonds is 4. The first kappa shape index (κ1) is 24.1.